The Morgan fingerprint density at radius 1 is 1.00 bits per heavy atom. The van der Waals surface area contributed by atoms with Crippen molar-refractivity contribution in [3.05, 3.63) is 65.7 Å². The Labute approximate surface area is 161 Å². The molecule has 0 saturated carbocycles. The highest BCUT2D eigenvalue weighted by atomic mass is 32.1. The van der Waals surface area contributed by atoms with Crippen molar-refractivity contribution in [2.24, 2.45) is 0 Å². The van der Waals surface area contributed by atoms with Gasteiger partial charge < -0.3 is 15.4 Å². The summed E-state index contributed by atoms with van der Waals surface area (Å²) in [5.41, 5.74) is 2.96. The third-order valence-electron chi connectivity index (χ3n) is 3.62. The summed E-state index contributed by atoms with van der Waals surface area (Å²) in [6.45, 7) is -0.0237. The van der Waals surface area contributed by atoms with Crippen molar-refractivity contribution in [3.8, 4) is 10.6 Å². The first-order chi connectivity index (χ1) is 13.1. The van der Waals surface area contributed by atoms with E-state index < -0.39 is 0 Å². The lowest BCUT2D eigenvalue weighted by Gasteiger charge is -2.08. The van der Waals surface area contributed by atoms with E-state index >= 15 is 0 Å². The fourth-order valence-electron chi connectivity index (χ4n) is 2.47. The zero-order valence-corrected chi connectivity index (χ0v) is 15.6. The minimum absolute atomic E-state index is 0.0237. The maximum atomic E-state index is 12.3. The van der Waals surface area contributed by atoms with Gasteiger partial charge in [-0.05, 0) is 18.2 Å². The van der Waals surface area contributed by atoms with E-state index in [0.29, 0.717) is 11.4 Å². The lowest BCUT2D eigenvalue weighted by Crippen LogP contribution is -2.18. The van der Waals surface area contributed by atoms with Gasteiger partial charge in [-0.15, -0.1) is 11.3 Å². The van der Waals surface area contributed by atoms with Crippen molar-refractivity contribution < 1.29 is 14.3 Å². The molecular weight excluding hydrogens is 362 g/mol. The second kappa shape index (κ2) is 9.07. The molecule has 1 aromatic heterocycles. The van der Waals surface area contributed by atoms with Gasteiger partial charge in [0.25, 0.3) is 0 Å². The largest absolute Gasteiger partial charge is 0.375 e. The van der Waals surface area contributed by atoms with Gasteiger partial charge >= 0.3 is 0 Å². The van der Waals surface area contributed by atoms with Gasteiger partial charge in [0, 0.05) is 29.4 Å². The van der Waals surface area contributed by atoms with E-state index in [1.165, 1.54) is 18.4 Å². The van der Waals surface area contributed by atoms with Crippen LogP contribution < -0.4 is 10.6 Å². The summed E-state index contributed by atoms with van der Waals surface area (Å²) in [4.78, 5) is 28.4. The van der Waals surface area contributed by atoms with Crippen LogP contribution in [-0.4, -0.2) is 30.5 Å². The van der Waals surface area contributed by atoms with Crippen LogP contribution in [0.15, 0.2) is 60.0 Å². The number of amides is 2. The van der Waals surface area contributed by atoms with Crippen molar-refractivity contribution in [2.45, 2.75) is 6.42 Å². The molecular formula is C20H19N3O3S. The van der Waals surface area contributed by atoms with Crippen LogP contribution in [0.5, 0.6) is 0 Å². The van der Waals surface area contributed by atoms with Crippen LogP contribution >= 0.6 is 11.3 Å². The maximum Gasteiger partial charge on any atom is 0.250 e. The first-order valence-corrected chi connectivity index (χ1v) is 9.20. The molecule has 27 heavy (non-hydrogen) atoms. The highest BCUT2D eigenvalue weighted by Crippen LogP contribution is 2.23. The number of rotatable bonds is 7. The Morgan fingerprint density at radius 3 is 2.41 bits per heavy atom. The predicted molar refractivity (Wildman–Crippen MR) is 107 cm³/mol. The molecule has 2 amide bonds. The summed E-state index contributed by atoms with van der Waals surface area (Å²) in [5, 5.41) is 8.31. The summed E-state index contributed by atoms with van der Waals surface area (Å²) < 4.78 is 4.78. The Bertz CT molecular complexity index is 925. The molecule has 6 nitrogen and oxygen atoms in total. The zero-order valence-electron chi connectivity index (χ0n) is 14.8. The second-order valence-electron chi connectivity index (χ2n) is 5.80. The van der Waals surface area contributed by atoms with Crippen molar-refractivity contribution in [2.75, 3.05) is 24.4 Å². The summed E-state index contributed by atoms with van der Waals surface area (Å²) in [6, 6.07) is 16.8. The van der Waals surface area contributed by atoms with E-state index in [0.717, 1.165) is 16.3 Å². The zero-order chi connectivity index (χ0) is 19.1. The number of carbonyl (C=O) groups is 2. The van der Waals surface area contributed by atoms with Crippen molar-refractivity contribution in [1.29, 1.82) is 0 Å². The SMILES string of the molecule is COCC(=O)Nc1cccc(NC(=O)Cc2csc(-c3ccccc3)n2)c1. The second-order valence-corrected chi connectivity index (χ2v) is 6.66. The van der Waals surface area contributed by atoms with E-state index in [1.54, 1.807) is 24.3 Å². The quantitative estimate of drug-likeness (QED) is 0.656. The number of nitrogens with one attached hydrogen (secondary N) is 2. The van der Waals surface area contributed by atoms with Crippen LogP contribution in [0, 0.1) is 0 Å². The topological polar surface area (TPSA) is 80.3 Å². The van der Waals surface area contributed by atoms with Gasteiger partial charge in [0.05, 0.1) is 12.1 Å². The van der Waals surface area contributed by atoms with E-state index in [1.807, 2.05) is 35.7 Å². The number of benzene rings is 2. The van der Waals surface area contributed by atoms with E-state index in [2.05, 4.69) is 15.6 Å². The molecule has 0 fully saturated rings. The molecule has 7 heteroatoms. The van der Waals surface area contributed by atoms with Gasteiger partial charge in [-0.2, -0.15) is 0 Å². The summed E-state index contributed by atoms with van der Waals surface area (Å²) >= 11 is 1.51. The molecule has 3 rings (SSSR count). The molecule has 2 N–H and O–H groups in total. The van der Waals surface area contributed by atoms with Gasteiger partial charge in [-0.1, -0.05) is 36.4 Å². The van der Waals surface area contributed by atoms with E-state index in [-0.39, 0.29) is 24.8 Å². The first kappa shape index (κ1) is 18.8. The van der Waals surface area contributed by atoms with Gasteiger partial charge in [0.1, 0.15) is 11.6 Å². The summed E-state index contributed by atoms with van der Waals surface area (Å²) in [6.07, 6.45) is 0.184. The van der Waals surface area contributed by atoms with Crippen LogP contribution in [0.2, 0.25) is 0 Å². The lowest BCUT2D eigenvalue weighted by molar-refractivity contribution is -0.119. The molecule has 3 aromatic rings. The Balaban J connectivity index is 1.60. The van der Waals surface area contributed by atoms with Gasteiger partial charge in [0.15, 0.2) is 0 Å². The maximum absolute atomic E-state index is 12.3. The number of ether oxygens (including phenoxy) is 1. The number of aromatic nitrogens is 1. The van der Waals surface area contributed by atoms with Gasteiger partial charge in [-0.25, -0.2) is 4.98 Å². The fourth-order valence-corrected chi connectivity index (χ4v) is 3.30. The van der Waals surface area contributed by atoms with Crippen LogP contribution in [0.4, 0.5) is 11.4 Å². The molecule has 2 aromatic carbocycles. The molecule has 0 aliphatic carbocycles. The molecule has 0 radical (unpaired) electrons. The summed E-state index contributed by atoms with van der Waals surface area (Å²) in [7, 11) is 1.46. The molecule has 1 heterocycles. The number of methoxy groups -OCH3 is 1. The predicted octanol–water partition coefficient (Wildman–Crippen LogP) is 3.58. The standard InChI is InChI=1S/C20H19N3O3S/c1-26-12-19(25)22-16-9-5-8-15(10-16)21-18(24)11-17-13-27-20(23-17)14-6-3-2-4-7-14/h2-10,13H,11-12H2,1H3,(H,21,24)(H,22,25). The van der Waals surface area contributed by atoms with Gasteiger partial charge in [0.2, 0.25) is 11.8 Å². The van der Waals surface area contributed by atoms with Crippen LogP contribution in [-0.2, 0) is 20.7 Å². The number of carbonyl (C=O) groups excluding carboxylic acids is 2. The van der Waals surface area contributed by atoms with E-state index in [9.17, 15) is 9.59 Å². The highest BCUT2D eigenvalue weighted by molar-refractivity contribution is 7.13. The molecule has 0 atom stereocenters. The average molecular weight is 381 g/mol. The van der Waals surface area contributed by atoms with Crippen molar-refractivity contribution in [1.82, 2.24) is 4.98 Å². The Kier molecular flexibility index (Phi) is 6.30. The first-order valence-electron chi connectivity index (χ1n) is 8.32. The lowest BCUT2D eigenvalue weighted by atomic mass is 10.2. The van der Waals surface area contributed by atoms with Crippen LogP contribution in [0.3, 0.4) is 0 Å². The third kappa shape index (κ3) is 5.47. The fraction of sp³-hybridized carbons (Fsp3) is 0.150. The van der Waals surface area contributed by atoms with Crippen LogP contribution in [0.1, 0.15) is 5.69 Å². The smallest absolute Gasteiger partial charge is 0.250 e. The highest BCUT2D eigenvalue weighted by Gasteiger charge is 2.10. The molecule has 0 saturated heterocycles. The monoisotopic (exact) mass is 381 g/mol. The number of nitrogens with zero attached hydrogens (tertiary/aromatic N) is 1. The third-order valence-corrected chi connectivity index (χ3v) is 4.56. The molecule has 0 unspecified atom stereocenters. The Morgan fingerprint density at radius 2 is 1.70 bits per heavy atom. The normalized spacial score (nSPS) is 10.4. The number of hydrogen-bond acceptors (Lipinski definition) is 5. The minimum atomic E-state index is -0.253. The van der Waals surface area contributed by atoms with Gasteiger partial charge in [-0.3, -0.25) is 9.59 Å². The van der Waals surface area contributed by atoms with Crippen LogP contribution in [0.25, 0.3) is 10.6 Å². The number of anilines is 2. The number of thiazole rings is 1. The van der Waals surface area contributed by atoms with Crippen molar-refractivity contribution >= 4 is 34.5 Å². The molecule has 0 bridgehead atoms. The minimum Gasteiger partial charge on any atom is -0.375 e. The summed E-state index contributed by atoms with van der Waals surface area (Å²) in [5.74, 6) is -0.419. The Hall–Kier alpha value is -3.03. The molecule has 138 valence electrons. The number of hydrogen-bond donors (Lipinski definition) is 2. The molecule has 0 aliphatic rings. The molecule has 0 spiro atoms. The van der Waals surface area contributed by atoms with Crippen molar-refractivity contribution in [3.63, 3.8) is 0 Å². The molecule has 0 aliphatic heterocycles. The average Bonchev–Trinajstić information content (AvgIpc) is 3.11. The van der Waals surface area contributed by atoms with E-state index in [4.69, 9.17) is 4.74 Å².